The molecule has 12 heteroatoms. The molecule has 1 aliphatic carbocycles. The van der Waals surface area contributed by atoms with Crippen molar-refractivity contribution < 1.29 is 53.4 Å². The van der Waals surface area contributed by atoms with E-state index >= 15 is 8.78 Å². The third kappa shape index (κ3) is 7.63. The van der Waals surface area contributed by atoms with Crippen molar-refractivity contribution in [2.45, 2.75) is 57.5 Å². The SMILES string of the molecule is CCCC1CCC(c2ccc(-c3ccc(-c4cc(F)c(C(F)(F)Oc5cc(F)c(OC=C(F)F)c(F)c5)c(F)c4)c(F)c3)c(F)c2)CC1. The van der Waals surface area contributed by atoms with Crippen LogP contribution in [-0.2, 0) is 6.11 Å². The molecule has 4 aromatic carbocycles. The maximum Gasteiger partial charge on any atom is 0.432 e. The Kier molecular flexibility index (Phi) is 10.4. The predicted octanol–water partition coefficient (Wildman–Crippen LogP) is 12.2. The van der Waals surface area contributed by atoms with Gasteiger partial charge in [-0.1, -0.05) is 44.0 Å². The molecule has 0 bridgehead atoms. The molecule has 1 saturated carbocycles. The monoisotopic (exact) mass is 682 g/mol. The van der Waals surface area contributed by atoms with Gasteiger partial charge in [-0.25, -0.2) is 26.3 Å². The number of benzene rings is 4. The van der Waals surface area contributed by atoms with E-state index in [1.165, 1.54) is 18.6 Å². The molecule has 0 N–H and O–H groups in total. The van der Waals surface area contributed by atoms with Crippen LogP contribution >= 0.6 is 0 Å². The van der Waals surface area contributed by atoms with Crippen molar-refractivity contribution in [3.8, 4) is 33.8 Å². The van der Waals surface area contributed by atoms with Crippen LogP contribution in [0.4, 0.5) is 43.9 Å². The van der Waals surface area contributed by atoms with Crippen molar-refractivity contribution in [1.82, 2.24) is 0 Å². The molecule has 0 amide bonds. The Hall–Kier alpha value is -4.48. The Morgan fingerprint density at radius 2 is 1.27 bits per heavy atom. The third-order valence-corrected chi connectivity index (χ3v) is 8.42. The molecule has 1 fully saturated rings. The smallest absolute Gasteiger partial charge is 0.432 e. The van der Waals surface area contributed by atoms with Crippen molar-refractivity contribution >= 4 is 0 Å². The first-order chi connectivity index (χ1) is 22.8. The fraction of sp³-hybridized carbons (Fsp3) is 0.278. The van der Waals surface area contributed by atoms with E-state index in [4.69, 9.17) is 0 Å². The number of alkyl halides is 2. The highest BCUT2D eigenvalue weighted by Gasteiger charge is 2.42. The van der Waals surface area contributed by atoms with E-state index in [9.17, 15) is 35.1 Å². The molecule has 4 aromatic rings. The Morgan fingerprint density at radius 3 is 1.83 bits per heavy atom. The average Bonchev–Trinajstić information content (AvgIpc) is 3.00. The number of hydrogen-bond donors (Lipinski definition) is 0. The standard InChI is InChI=1S/C36H28F10O2/c1-2-3-19-4-6-20(7-5-19)21-8-10-25(27(37)12-21)22-9-11-26(28(38)13-22)23-14-29(39)34(30(40)15-23)36(45,46)48-24-16-31(41)35(32(42)17-24)47-18-33(43)44/h8-20H,2-7H2,1H3. The number of halogens is 10. The fourth-order valence-corrected chi connectivity index (χ4v) is 6.15. The van der Waals surface area contributed by atoms with E-state index in [-0.39, 0.29) is 41.0 Å². The second-order valence-corrected chi connectivity index (χ2v) is 11.6. The molecule has 0 atom stereocenters. The van der Waals surface area contributed by atoms with Crippen LogP contribution in [0.2, 0.25) is 0 Å². The first-order valence-corrected chi connectivity index (χ1v) is 15.1. The Bertz CT molecular complexity index is 1780. The minimum absolute atomic E-state index is 0.104. The molecule has 2 nitrogen and oxygen atoms in total. The van der Waals surface area contributed by atoms with Gasteiger partial charge in [0, 0.05) is 23.3 Å². The van der Waals surface area contributed by atoms with Gasteiger partial charge in [-0.2, -0.15) is 17.6 Å². The molecular formula is C36H28F10O2. The lowest BCUT2D eigenvalue weighted by molar-refractivity contribution is -0.189. The van der Waals surface area contributed by atoms with Crippen LogP contribution in [0.15, 0.2) is 73.0 Å². The molecule has 48 heavy (non-hydrogen) atoms. The molecule has 0 heterocycles. The van der Waals surface area contributed by atoms with Gasteiger partial charge in [0.15, 0.2) is 23.6 Å². The molecule has 0 aromatic heterocycles. The van der Waals surface area contributed by atoms with Crippen molar-refractivity contribution in [2.24, 2.45) is 5.92 Å². The molecule has 254 valence electrons. The summed E-state index contributed by atoms with van der Waals surface area (Å²) in [7, 11) is 0. The van der Waals surface area contributed by atoms with Crippen LogP contribution in [0.3, 0.4) is 0 Å². The molecule has 0 spiro atoms. The van der Waals surface area contributed by atoms with E-state index in [0.717, 1.165) is 49.8 Å². The largest absolute Gasteiger partial charge is 0.453 e. The minimum atomic E-state index is -4.85. The number of rotatable bonds is 10. The van der Waals surface area contributed by atoms with Gasteiger partial charge in [0.25, 0.3) is 0 Å². The molecule has 0 radical (unpaired) electrons. The Morgan fingerprint density at radius 1 is 0.708 bits per heavy atom. The van der Waals surface area contributed by atoms with Gasteiger partial charge >= 0.3 is 12.2 Å². The lowest BCUT2D eigenvalue weighted by atomic mass is 9.77. The summed E-state index contributed by atoms with van der Waals surface area (Å²) in [6.07, 6.45) is -1.21. The van der Waals surface area contributed by atoms with Gasteiger partial charge in [-0.15, -0.1) is 0 Å². The van der Waals surface area contributed by atoms with Gasteiger partial charge in [0.1, 0.15) is 34.6 Å². The average molecular weight is 683 g/mol. The molecular weight excluding hydrogens is 654 g/mol. The summed E-state index contributed by atoms with van der Waals surface area (Å²) in [4.78, 5) is 0. The topological polar surface area (TPSA) is 18.5 Å². The Labute approximate surface area is 269 Å². The second kappa shape index (κ2) is 14.3. The lowest BCUT2D eigenvalue weighted by Gasteiger charge is -2.28. The van der Waals surface area contributed by atoms with E-state index in [2.05, 4.69) is 16.4 Å². The van der Waals surface area contributed by atoms with Crippen LogP contribution in [0.25, 0.3) is 22.3 Å². The van der Waals surface area contributed by atoms with Crippen LogP contribution in [0.5, 0.6) is 11.5 Å². The molecule has 5 rings (SSSR count). The Balaban J connectivity index is 1.35. The van der Waals surface area contributed by atoms with Crippen LogP contribution in [-0.4, -0.2) is 0 Å². The predicted molar refractivity (Wildman–Crippen MR) is 159 cm³/mol. The minimum Gasteiger partial charge on any atom is -0.453 e. The van der Waals surface area contributed by atoms with Gasteiger partial charge < -0.3 is 9.47 Å². The van der Waals surface area contributed by atoms with Crippen LogP contribution in [0, 0.1) is 40.8 Å². The van der Waals surface area contributed by atoms with Gasteiger partial charge in [0.05, 0.1) is 0 Å². The molecule has 1 aliphatic rings. The van der Waals surface area contributed by atoms with Gasteiger partial charge in [0.2, 0.25) is 0 Å². The summed E-state index contributed by atoms with van der Waals surface area (Å²) in [6, 6.07) is 9.27. The maximum atomic E-state index is 15.2. The van der Waals surface area contributed by atoms with E-state index in [1.807, 2.05) is 0 Å². The summed E-state index contributed by atoms with van der Waals surface area (Å²) in [5, 5.41) is 0. The van der Waals surface area contributed by atoms with Crippen LogP contribution in [0.1, 0.15) is 62.5 Å². The zero-order valence-corrected chi connectivity index (χ0v) is 25.3. The second-order valence-electron chi connectivity index (χ2n) is 11.6. The molecule has 0 saturated heterocycles. The first-order valence-electron chi connectivity index (χ1n) is 15.1. The van der Waals surface area contributed by atoms with Crippen molar-refractivity contribution in [2.75, 3.05) is 0 Å². The van der Waals surface area contributed by atoms with Gasteiger partial charge in [-0.05, 0) is 78.5 Å². The van der Waals surface area contributed by atoms with E-state index in [1.54, 1.807) is 12.1 Å². The normalized spacial score (nSPS) is 16.5. The van der Waals surface area contributed by atoms with E-state index in [0.29, 0.717) is 18.1 Å². The zero-order chi connectivity index (χ0) is 34.7. The molecule has 0 aliphatic heterocycles. The summed E-state index contributed by atoms with van der Waals surface area (Å²) >= 11 is 0. The van der Waals surface area contributed by atoms with Crippen molar-refractivity contribution in [1.29, 1.82) is 0 Å². The maximum absolute atomic E-state index is 15.2. The highest BCUT2D eigenvalue weighted by atomic mass is 19.3. The summed E-state index contributed by atoms with van der Waals surface area (Å²) in [6.45, 7) is 2.15. The fourth-order valence-electron chi connectivity index (χ4n) is 6.15. The van der Waals surface area contributed by atoms with E-state index < -0.39 is 69.7 Å². The zero-order valence-electron chi connectivity index (χ0n) is 25.3. The van der Waals surface area contributed by atoms with Gasteiger partial charge in [-0.3, -0.25) is 0 Å². The van der Waals surface area contributed by atoms with Crippen molar-refractivity contribution in [3.63, 3.8) is 0 Å². The summed E-state index contributed by atoms with van der Waals surface area (Å²) in [5.74, 6) is -10.5. The van der Waals surface area contributed by atoms with Crippen molar-refractivity contribution in [3.05, 3.63) is 119 Å². The third-order valence-electron chi connectivity index (χ3n) is 8.42. The quantitative estimate of drug-likeness (QED) is 0.122. The number of hydrogen-bond acceptors (Lipinski definition) is 2. The first kappa shape index (κ1) is 34.8. The summed E-state index contributed by atoms with van der Waals surface area (Å²) < 4.78 is 151. The highest BCUT2D eigenvalue weighted by Crippen LogP contribution is 2.41. The molecule has 0 unspecified atom stereocenters. The lowest BCUT2D eigenvalue weighted by Crippen LogP contribution is -2.25. The van der Waals surface area contributed by atoms with Crippen LogP contribution < -0.4 is 9.47 Å². The summed E-state index contributed by atoms with van der Waals surface area (Å²) in [5.41, 5.74) is -1.70. The highest BCUT2D eigenvalue weighted by molar-refractivity contribution is 5.72. The number of ether oxygens (including phenoxy) is 2.